The molecule has 1 aromatic heterocycles. The van der Waals surface area contributed by atoms with E-state index >= 15 is 0 Å². The third-order valence-corrected chi connectivity index (χ3v) is 6.25. The van der Waals surface area contributed by atoms with Crippen molar-refractivity contribution in [3.63, 3.8) is 0 Å². The second-order valence-electron chi connectivity index (χ2n) is 8.40. The van der Waals surface area contributed by atoms with Crippen molar-refractivity contribution in [2.75, 3.05) is 36.1 Å². The van der Waals surface area contributed by atoms with Crippen LogP contribution in [0.15, 0.2) is 35.7 Å². The predicted octanol–water partition coefficient (Wildman–Crippen LogP) is 3.49. The number of carbonyl (C=O) groups is 1. The number of hydrogen-bond acceptors (Lipinski definition) is 7. The molecule has 1 aliphatic carbocycles. The lowest BCUT2D eigenvalue weighted by molar-refractivity contribution is 0.215. The molecule has 1 unspecified atom stereocenters. The normalized spacial score (nSPS) is 19.3. The first kappa shape index (κ1) is 21.9. The third kappa shape index (κ3) is 5.27. The van der Waals surface area contributed by atoms with Crippen LogP contribution in [0.1, 0.15) is 55.6 Å². The first-order valence-corrected chi connectivity index (χ1v) is 11.2. The Morgan fingerprint density at radius 2 is 1.97 bits per heavy atom. The zero-order valence-electron chi connectivity index (χ0n) is 18.5. The second-order valence-corrected chi connectivity index (χ2v) is 8.40. The van der Waals surface area contributed by atoms with Crippen LogP contribution < -0.4 is 21.3 Å². The van der Waals surface area contributed by atoms with Crippen LogP contribution in [0, 0.1) is 0 Å². The topological polar surface area (TPSA) is 118 Å². The van der Waals surface area contributed by atoms with Crippen molar-refractivity contribution >= 4 is 29.6 Å². The molecule has 0 spiro atoms. The molecule has 2 amide bonds. The van der Waals surface area contributed by atoms with Gasteiger partial charge in [-0.15, -0.1) is 0 Å². The number of nitrogens with zero attached hydrogens (tertiary/aromatic N) is 4. The minimum absolute atomic E-state index is 0.0000780. The first-order valence-electron chi connectivity index (χ1n) is 11.2. The number of urea groups is 1. The molecule has 0 radical (unpaired) electrons. The molecule has 1 atom stereocenters. The van der Waals surface area contributed by atoms with Gasteiger partial charge in [0, 0.05) is 24.8 Å². The van der Waals surface area contributed by atoms with E-state index < -0.39 is 0 Å². The molecule has 1 saturated heterocycles. The van der Waals surface area contributed by atoms with Gasteiger partial charge in [-0.1, -0.05) is 36.6 Å². The lowest BCUT2D eigenvalue weighted by atomic mass is 9.84. The number of rotatable bonds is 6. The molecule has 4 rings (SSSR count). The maximum absolute atomic E-state index is 12.5. The Balaban J connectivity index is 1.32. The molecular weight excluding hydrogens is 406 g/mol. The largest absolute Gasteiger partial charge is 0.399 e. The lowest BCUT2D eigenvalue weighted by Crippen LogP contribution is -2.40. The summed E-state index contributed by atoms with van der Waals surface area (Å²) in [4.78, 5) is 27.8. The maximum Gasteiger partial charge on any atom is 0.319 e. The van der Waals surface area contributed by atoms with Crippen LogP contribution in [-0.4, -0.2) is 48.5 Å². The van der Waals surface area contributed by atoms with E-state index in [1.807, 2.05) is 12.1 Å². The van der Waals surface area contributed by atoms with Crippen LogP contribution in [0.2, 0.25) is 0 Å². The zero-order chi connectivity index (χ0) is 22.3. The fraction of sp³-hybridized carbons (Fsp3) is 0.478. The van der Waals surface area contributed by atoms with Crippen molar-refractivity contribution in [3.8, 4) is 0 Å². The van der Waals surface area contributed by atoms with Crippen LogP contribution in [0.5, 0.6) is 0 Å². The van der Waals surface area contributed by atoms with E-state index in [4.69, 9.17) is 10.6 Å². The quantitative estimate of drug-likeness (QED) is 0.470. The Morgan fingerprint density at radius 1 is 1.19 bits per heavy atom. The van der Waals surface area contributed by atoms with Gasteiger partial charge < -0.3 is 26.1 Å². The number of oxime groups is 1. The molecule has 4 N–H and O–H groups in total. The number of nitrogens with one attached hydrogen (secondary N) is 2. The number of aromatic nitrogens is 2. The molecule has 2 aliphatic rings. The molecule has 32 heavy (non-hydrogen) atoms. The number of anilines is 3. The monoisotopic (exact) mass is 437 g/mol. The maximum atomic E-state index is 12.5. The second kappa shape index (κ2) is 10.3. The molecule has 2 aromatic rings. The van der Waals surface area contributed by atoms with Gasteiger partial charge in [-0.2, -0.15) is 0 Å². The number of amides is 2. The molecule has 170 valence electrons. The van der Waals surface area contributed by atoms with Gasteiger partial charge in [0.25, 0.3) is 0 Å². The minimum Gasteiger partial charge on any atom is -0.399 e. The number of benzene rings is 1. The highest BCUT2D eigenvalue weighted by Gasteiger charge is 2.27. The van der Waals surface area contributed by atoms with Crippen molar-refractivity contribution < 1.29 is 9.63 Å². The van der Waals surface area contributed by atoms with Gasteiger partial charge in [0.2, 0.25) is 0 Å². The molecule has 2 heterocycles. The molecule has 1 saturated carbocycles. The van der Waals surface area contributed by atoms with E-state index in [-0.39, 0.29) is 12.1 Å². The third-order valence-electron chi connectivity index (χ3n) is 6.25. The Labute approximate surface area is 188 Å². The highest BCUT2D eigenvalue weighted by atomic mass is 16.6. The summed E-state index contributed by atoms with van der Waals surface area (Å²) in [5.74, 6) is 1.67. The highest BCUT2D eigenvalue weighted by Crippen LogP contribution is 2.33. The molecule has 0 bridgehead atoms. The summed E-state index contributed by atoms with van der Waals surface area (Å²) >= 11 is 0. The zero-order valence-corrected chi connectivity index (χ0v) is 18.5. The molecular formula is C23H31N7O2. The Morgan fingerprint density at radius 3 is 2.72 bits per heavy atom. The fourth-order valence-electron chi connectivity index (χ4n) is 4.58. The average Bonchev–Trinajstić information content (AvgIpc) is 3.27. The van der Waals surface area contributed by atoms with Crippen molar-refractivity contribution in [2.45, 2.75) is 50.5 Å². The van der Waals surface area contributed by atoms with Gasteiger partial charge in [0.1, 0.15) is 25.1 Å². The number of carbonyl (C=O) groups excluding carboxylic acids is 1. The van der Waals surface area contributed by atoms with E-state index in [0.717, 1.165) is 18.7 Å². The standard InChI is InChI=1S/C23H31N7O2/c1-32-27-13-20-21(24)25-15-26-22(20)30-12-11-19(14-30)29-23(31)28-18-9-7-17(8-10-18)16-5-3-2-4-6-16/h7-10,13,15-16,19H,2-6,11-12,14H2,1H3,(H2,24,25,26)(H2,28,29,31)/b27-13+. The summed E-state index contributed by atoms with van der Waals surface area (Å²) in [6, 6.07) is 8.08. The number of nitrogens with two attached hydrogens (primary N) is 1. The molecule has 1 aromatic carbocycles. The Hall–Kier alpha value is -3.36. The molecule has 9 heteroatoms. The van der Waals surface area contributed by atoms with Gasteiger partial charge in [-0.25, -0.2) is 14.8 Å². The van der Waals surface area contributed by atoms with Gasteiger partial charge in [0.15, 0.2) is 0 Å². The average molecular weight is 438 g/mol. The highest BCUT2D eigenvalue weighted by molar-refractivity contribution is 5.92. The summed E-state index contributed by atoms with van der Waals surface area (Å²) in [5.41, 5.74) is 8.77. The van der Waals surface area contributed by atoms with Crippen molar-refractivity contribution in [1.82, 2.24) is 15.3 Å². The number of nitrogen functional groups attached to an aromatic ring is 1. The van der Waals surface area contributed by atoms with Gasteiger partial charge in [-0.05, 0) is 42.9 Å². The minimum atomic E-state index is -0.203. The van der Waals surface area contributed by atoms with Crippen LogP contribution in [-0.2, 0) is 4.84 Å². The van der Waals surface area contributed by atoms with Crippen LogP contribution in [0.3, 0.4) is 0 Å². The summed E-state index contributed by atoms with van der Waals surface area (Å²) in [6.07, 6.45) is 10.3. The first-order chi connectivity index (χ1) is 15.6. The van der Waals surface area contributed by atoms with Crippen LogP contribution >= 0.6 is 0 Å². The van der Waals surface area contributed by atoms with E-state index in [1.54, 1.807) is 0 Å². The van der Waals surface area contributed by atoms with Crippen molar-refractivity contribution in [1.29, 1.82) is 0 Å². The predicted molar refractivity (Wildman–Crippen MR) is 126 cm³/mol. The van der Waals surface area contributed by atoms with E-state index in [1.165, 1.54) is 57.3 Å². The van der Waals surface area contributed by atoms with Gasteiger partial charge >= 0.3 is 6.03 Å². The molecule has 1 aliphatic heterocycles. The lowest BCUT2D eigenvalue weighted by Gasteiger charge is -2.22. The SMILES string of the molecule is CO/N=C/c1c(N)ncnc1N1CCC(NC(=O)Nc2ccc(C3CCCCC3)cc2)C1. The van der Waals surface area contributed by atoms with E-state index in [9.17, 15) is 4.79 Å². The summed E-state index contributed by atoms with van der Waals surface area (Å²) in [5, 5.41) is 9.80. The molecule has 9 nitrogen and oxygen atoms in total. The Bertz CT molecular complexity index is 942. The fourth-order valence-corrected chi connectivity index (χ4v) is 4.58. The summed E-state index contributed by atoms with van der Waals surface area (Å²) in [6.45, 7) is 1.36. The van der Waals surface area contributed by atoms with Crippen molar-refractivity contribution in [3.05, 3.63) is 41.7 Å². The smallest absolute Gasteiger partial charge is 0.319 e. The van der Waals surface area contributed by atoms with E-state index in [2.05, 4.69) is 42.8 Å². The van der Waals surface area contributed by atoms with Crippen molar-refractivity contribution in [2.24, 2.45) is 5.16 Å². The molecule has 2 fully saturated rings. The Kier molecular flexibility index (Phi) is 7.03. The van der Waals surface area contributed by atoms with Gasteiger partial charge in [0.05, 0.1) is 11.8 Å². The van der Waals surface area contributed by atoms with Crippen LogP contribution in [0.25, 0.3) is 0 Å². The summed E-state index contributed by atoms with van der Waals surface area (Å²) in [7, 11) is 1.47. The van der Waals surface area contributed by atoms with Gasteiger partial charge in [-0.3, -0.25) is 0 Å². The van der Waals surface area contributed by atoms with E-state index in [0.29, 0.717) is 29.7 Å². The van der Waals surface area contributed by atoms with Crippen LogP contribution in [0.4, 0.5) is 22.1 Å². The summed E-state index contributed by atoms with van der Waals surface area (Å²) < 4.78 is 0. The number of hydrogen-bond donors (Lipinski definition) is 3.